The van der Waals surface area contributed by atoms with E-state index in [0.29, 0.717) is 12.0 Å². The molecule has 2 nitrogen and oxygen atoms in total. The lowest BCUT2D eigenvalue weighted by atomic mass is 9.91. The van der Waals surface area contributed by atoms with Crippen molar-refractivity contribution in [3.8, 4) is 0 Å². The van der Waals surface area contributed by atoms with Crippen LogP contribution in [0.25, 0.3) is 0 Å². The lowest BCUT2D eigenvalue weighted by Gasteiger charge is -2.31. The van der Waals surface area contributed by atoms with E-state index in [4.69, 9.17) is 0 Å². The monoisotopic (exact) mass is 141 g/mol. The van der Waals surface area contributed by atoms with E-state index in [1.165, 1.54) is 19.3 Å². The molecule has 0 aromatic rings. The summed E-state index contributed by atoms with van der Waals surface area (Å²) in [5.41, 5.74) is 0. The van der Waals surface area contributed by atoms with Crippen LogP contribution in [0.3, 0.4) is 0 Å². The van der Waals surface area contributed by atoms with Crippen LogP contribution in [0.2, 0.25) is 0 Å². The van der Waals surface area contributed by atoms with Crippen molar-refractivity contribution in [2.24, 2.45) is 5.92 Å². The summed E-state index contributed by atoms with van der Waals surface area (Å²) in [4.78, 5) is 0. The number of piperidine rings is 1. The first-order valence-corrected chi connectivity index (χ1v) is 4.29. The SMILES string of the molecule is O[C@@H]1CCN[C@H]2CCC[C@@H]12. The maximum absolute atomic E-state index is 9.54. The maximum Gasteiger partial charge on any atom is 0.0595 e. The Labute approximate surface area is 61.6 Å². The van der Waals surface area contributed by atoms with Gasteiger partial charge in [0, 0.05) is 12.0 Å². The van der Waals surface area contributed by atoms with Crippen LogP contribution in [0, 0.1) is 5.92 Å². The van der Waals surface area contributed by atoms with Crippen molar-refractivity contribution < 1.29 is 5.11 Å². The van der Waals surface area contributed by atoms with Gasteiger partial charge in [0.05, 0.1) is 6.10 Å². The Bertz CT molecular complexity index is 126. The summed E-state index contributed by atoms with van der Waals surface area (Å²) >= 11 is 0. The molecular weight excluding hydrogens is 126 g/mol. The third kappa shape index (κ3) is 0.956. The minimum Gasteiger partial charge on any atom is -0.393 e. The van der Waals surface area contributed by atoms with Gasteiger partial charge in [0.15, 0.2) is 0 Å². The maximum atomic E-state index is 9.54. The van der Waals surface area contributed by atoms with Crippen molar-refractivity contribution >= 4 is 0 Å². The van der Waals surface area contributed by atoms with Crippen molar-refractivity contribution in [2.75, 3.05) is 6.54 Å². The van der Waals surface area contributed by atoms with Crippen LogP contribution in [0.4, 0.5) is 0 Å². The van der Waals surface area contributed by atoms with E-state index < -0.39 is 0 Å². The van der Waals surface area contributed by atoms with Gasteiger partial charge in [0.1, 0.15) is 0 Å². The van der Waals surface area contributed by atoms with E-state index in [-0.39, 0.29) is 6.10 Å². The predicted octanol–water partition coefficient (Wildman–Crippen LogP) is 0.509. The largest absolute Gasteiger partial charge is 0.393 e. The summed E-state index contributed by atoms with van der Waals surface area (Å²) in [5.74, 6) is 0.578. The molecule has 0 spiro atoms. The zero-order valence-corrected chi connectivity index (χ0v) is 6.21. The fraction of sp³-hybridized carbons (Fsp3) is 1.00. The highest BCUT2D eigenvalue weighted by molar-refractivity contribution is 4.91. The highest BCUT2D eigenvalue weighted by Gasteiger charge is 2.34. The molecule has 1 aliphatic carbocycles. The molecule has 1 heterocycles. The molecule has 1 saturated carbocycles. The Morgan fingerprint density at radius 1 is 1.20 bits per heavy atom. The van der Waals surface area contributed by atoms with E-state index in [1.54, 1.807) is 0 Å². The lowest BCUT2D eigenvalue weighted by molar-refractivity contribution is 0.0645. The summed E-state index contributed by atoms with van der Waals surface area (Å²) < 4.78 is 0. The van der Waals surface area contributed by atoms with Gasteiger partial charge in [-0.05, 0) is 25.8 Å². The first-order valence-electron chi connectivity index (χ1n) is 4.29. The molecule has 0 aromatic carbocycles. The number of hydrogen-bond donors (Lipinski definition) is 2. The number of fused-ring (bicyclic) bond motifs is 1. The van der Waals surface area contributed by atoms with Gasteiger partial charge in [-0.25, -0.2) is 0 Å². The van der Waals surface area contributed by atoms with Crippen LogP contribution in [-0.4, -0.2) is 23.8 Å². The molecule has 2 heteroatoms. The van der Waals surface area contributed by atoms with Crippen LogP contribution >= 0.6 is 0 Å². The Hall–Kier alpha value is -0.0800. The molecular formula is C8H15NO. The third-order valence-electron chi connectivity index (χ3n) is 2.91. The van der Waals surface area contributed by atoms with Gasteiger partial charge in [0.25, 0.3) is 0 Å². The minimum atomic E-state index is -0.00579. The van der Waals surface area contributed by atoms with E-state index in [2.05, 4.69) is 5.32 Å². The van der Waals surface area contributed by atoms with Gasteiger partial charge < -0.3 is 10.4 Å². The van der Waals surface area contributed by atoms with E-state index in [1.807, 2.05) is 0 Å². The molecule has 0 unspecified atom stereocenters. The number of rotatable bonds is 0. The molecule has 0 radical (unpaired) electrons. The minimum absolute atomic E-state index is 0.00579. The van der Waals surface area contributed by atoms with Gasteiger partial charge >= 0.3 is 0 Å². The molecule has 1 saturated heterocycles. The average molecular weight is 141 g/mol. The molecule has 10 heavy (non-hydrogen) atoms. The first kappa shape index (κ1) is 6.62. The van der Waals surface area contributed by atoms with Crippen molar-refractivity contribution in [3.63, 3.8) is 0 Å². The van der Waals surface area contributed by atoms with Crippen LogP contribution in [0.15, 0.2) is 0 Å². The van der Waals surface area contributed by atoms with Crippen LogP contribution in [0.1, 0.15) is 25.7 Å². The van der Waals surface area contributed by atoms with Crippen LogP contribution in [0.5, 0.6) is 0 Å². The first-order chi connectivity index (χ1) is 4.88. The second-order valence-electron chi connectivity index (χ2n) is 3.51. The summed E-state index contributed by atoms with van der Waals surface area (Å²) in [6.45, 7) is 1.02. The lowest BCUT2D eigenvalue weighted by Crippen LogP contribution is -2.45. The molecule has 58 valence electrons. The molecule has 0 amide bonds. The number of aliphatic hydroxyl groups is 1. The van der Waals surface area contributed by atoms with Gasteiger partial charge in [-0.2, -0.15) is 0 Å². The quantitative estimate of drug-likeness (QED) is 0.515. The van der Waals surface area contributed by atoms with Crippen molar-refractivity contribution in [2.45, 2.75) is 37.8 Å². The Morgan fingerprint density at radius 2 is 2.10 bits per heavy atom. The standard InChI is InChI=1S/C8H15NO/c10-8-4-5-9-7-3-1-2-6(7)8/h6-10H,1-5H2/t6-,7+,8-/m1/s1. The van der Waals surface area contributed by atoms with Gasteiger partial charge in [0.2, 0.25) is 0 Å². The van der Waals surface area contributed by atoms with Crippen molar-refractivity contribution in [3.05, 3.63) is 0 Å². The van der Waals surface area contributed by atoms with Gasteiger partial charge in [-0.15, -0.1) is 0 Å². The zero-order chi connectivity index (χ0) is 6.97. The molecule has 1 aliphatic heterocycles. The Morgan fingerprint density at radius 3 is 2.90 bits per heavy atom. The Balaban J connectivity index is 2.03. The van der Waals surface area contributed by atoms with E-state index in [9.17, 15) is 5.11 Å². The fourth-order valence-electron chi connectivity index (χ4n) is 2.33. The predicted molar refractivity (Wildman–Crippen MR) is 39.8 cm³/mol. The summed E-state index contributed by atoms with van der Waals surface area (Å²) in [6, 6.07) is 0.642. The van der Waals surface area contributed by atoms with Gasteiger partial charge in [-0.1, -0.05) is 6.42 Å². The van der Waals surface area contributed by atoms with E-state index >= 15 is 0 Å². The average Bonchev–Trinajstić information content (AvgIpc) is 2.36. The number of aliphatic hydroxyl groups excluding tert-OH is 1. The fourth-order valence-corrected chi connectivity index (χ4v) is 2.33. The number of hydrogen-bond acceptors (Lipinski definition) is 2. The van der Waals surface area contributed by atoms with E-state index in [0.717, 1.165) is 13.0 Å². The smallest absolute Gasteiger partial charge is 0.0595 e. The highest BCUT2D eigenvalue weighted by atomic mass is 16.3. The van der Waals surface area contributed by atoms with Crippen molar-refractivity contribution in [1.29, 1.82) is 0 Å². The molecule has 0 aromatic heterocycles. The van der Waals surface area contributed by atoms with Gasteiger partial charge in [-0.3, -0.25) is 0 Å². The molecule has 2 rings (SSSR count). The molecule has 2 fully saturated rings. The highest BCUT2D eigenvalue weighted by Crippen LogP contribution is 2.31. The van der Waals surface area contributed by atoms with Crippen LogP contribution < -0.4 is 5.32 Å². The second kappa shape index (κ2) is 2.51. The normalized spacial score (nSPS) is 47.1. The molecule has 3 atom stereocenters. The second-order valence-corrected chi connectivity index (χ2v) is 3.51. The Kier molecular flexibility index (Phi) is 1.66. The number of nitrogens with one attached hydrogen (secondary N) is 1. The molecule has 2 aliphatic rings. The van der Waals surface area contributed by atoms with Crippen molar-refractivity contribution in [1.82, 2.24) is 5.32 Å². The molecule has 2 N–H and O–H groups in total. The summed E-state index contributed by atoms with van der Waals surface area (Å²) in [7, 11) is 0. The van der Waals surface area contributed by atoms with Crippen LogP contribution in [-0.2, 0) is 0 Å². The zero-order valence-electron chi connectivity index (χ0n) is 6.21. The topological polar surface area (TPSA) is 32.3 Å². The summed E-state index contributed by atoms with van der Waals surface area (Å²) in [6.07, 6.45) is 4.77. The summed E-state index contributed by atoms with van der Waals surface area (Å²) in [5, 5.41) is 13.0. The third-order valence-corrected chi connectivity index (χ3v) is 2.91. The molecule has 0 bridgehead atoms.